The molecule has 0 saturated carbocycles. The summed E-state index contributed by atoms with van der Waals surface area (Å²) in [5.74, 6) is -0.900. The highest BCUT2D eigenvalue weighted by atomic mass is 16.6. The summed E-state index contributed by atoms with van der Waals surface area (Å²) in [6, 6.07) is 9.29. The molecule has 0 spiro atoms. The molecule has 1 heterocycles. The van der Waals surface area contributed by atoms with Gasteiger partial charge in [0, 0.05) is 12.3 Å². The number of ketones is 1. The van der Waals surface area contributed by atoms with Gasteiger partial charge in [-0.15, -0.1) is 0 Å². The predicted octanol–water partition coefficient (Wildman–Crippen LogP) is 2.58. The van der Waals surface area contributed by atoms with E-state index < -0.39 is 12.0 Å². The van der Waals surface area contributed by atoms with Gasteiger partial charge in [-0.3, -0.25) is 4.79 Å². The number of carbonyl (C=O) groups excluding carboxylic acids is 3. The normalized spacial score (nSPS) is 18.9. The first kappa shape index (κ1) is 16.2. The van der Waals surface area contributed by atoms with Crippen molar-refractivity contribution in [3.05, 3.63) is 35.9 Å². The Labute approximate surface area is 130 Å². The summed E-state index contributed by atoms with van der Waals surface area (Å²) in [5.41, 5.74) is 0.975. The maximum atomic E-state index is 12.7. The van der Waals surface area contributed by atoms with Crippen molar-refractivity contribution in [2.75, 3.05) is 6.61 Å². The van der Waals surface area contributed by atoms with E-state index in [0.29, 0.717) is 12.8 Å². The summed E-state index contributed by atoms with van der Waals surface area (Å²) in [7, 11) is 0. The molecule has 2 atom stereocenters. The van der Waals surface area contributed by atoms with E-state index in [4.69, 9.17) is 4.74 Å². The number of benzene rings is 1. The predicted molar refractivity (Wildman–Crippen MR) is 81.2 cm³/mol. The molecule has 5 nitrogen and oxygen atoms in total. The van der Waals surface area contributed by atoms with E-state index in [-0.39, 0.29) is 30.8 Å². The average Bonchev–Trinajstić information content (AvgIpc) is 2.87. The SMILES string of the molecule is CCC1COC(=O)N1C(=O)C(CC(C)=O)Cc1ccccc1. The molecule has 1 aromatic carbocycles. The average molecular weight is 303 g/mol. The number of amides is 2. The Kier molecular flexibility index (Phi) is 5.31. The number of cyclic esters (lactones) is 1. The third-order valence-electron chi connectivity index (χ3n) is 3.88. The zero-order valence-electron chi connectivity index (χ0n) is 13.0. The van der Waals surface area contributed by atoms with Crippen LogP contribution in [0.4, 0.5) is 4.79 Å². The molecule has 118 valence electrons. The molecule has 0 aromatic heterocycles. The summed E-state index contributed by atoms with van der Waals surface area (Å²) in [4.78, 5) is 37.3. The highest BCUT2D eigenvalue weighted by molar-refractivity contribution is 5.96. The third-order valence-corrected chi connectivity index (χ3v) is 3.88. The van der Waals surface area contributed by atoms with Gasteiger partial charge in [-0.1, -0.05) is 37.3 Å². The van der Waals surface area contributed by atoms with Crippen LogP contribution >= 0.6 is 0 Å². The Balaban J connectivity index is 2.19. The maximum Gasteiger partial charge on any atom is 0.416 e. The minimum Gasteiger partial charge on any atom is -0.447 e. The fourth-order valence-corrected chi connectivity index (χ4v) is 2.72. The van der Waals surface area contributed by atoms with E-state index in [0.717, 1.165) is 5.56 Å². The van der Waals surface area contributed by atoms with E-state index >= 15 is 0 Å². The number of nitrogens with zero attached hydrogens (tertiary/aromatic N) is 1. The van der Waals surface area contributed by atoms with Crippen molar-refractivity contribution in [3.63, 3.8) is 0 Å². The molecular formula is C17H21NO4. The van der Waals surface area contributed by atoms with Gasteiger partial charge in [0.15, 0.2) is 0 Å². The molecule has 22 heavy (non-hydrogen) atoms. The third kappa shape index (κ3) is 3.72. The summed E-state index contributed by atoms with van der Waals surface area (Å²) >= 11 is 0. The number of carbonyl (C=O) groups is 3. The molecule has 0 aliphatic carbocycles. The fourth-order valence-electron chi connectivity index (χ4n) is 2.72. The molecular weight excluding hydrogens is 282 g/mol. The lowest BCUT2D eigenvalue weighted by Gasteiger charge is -2.23. The van der Waals surface area contributed by atoms with Gasteiger partial charge in [0.1, 0.15) is 12.4 Å². The van der Waals surface area contributed by atoms with Crippen molar-refractivity contribution in [1.29, 1.82) is 0 Å². The van der Waals surface area contributed by atoms with Gasteiger partial charge in [0.25, 0.3) is 0 Å². The largest absolute Gasteiger partial charge is 0.447 e. The van der Waals surface area contributed by atoms with Crippen molar-refractivity contribution in [3.8, 4) is 0 Å². The number of ether oxygens (including phenoxy) is 1. The van der Waals surface area contributed by atoms with Gasteiger partial charge in [-0.2, -0.15) is 0 Å². The number of imide groups is 1. The Morgan fingerprint density at radius 1 is 1.32 bits per heavy atom. The topological polar surface area (TPSA) is 63.7 Å². The van der Waals surface area contributed by atoms with Crippen LogP contribution in [-0.2, 0) is 20.7 Å². The van der Waals surface area contributed by atoms with Gasteiger partial charge in [-0.25, -0.2) is 9.69 Å². The summed E-state index contributed by atoms with van der Waals surface area (Å²) in [6.07, 6.45) is 0.627. The van der Waals surface area contributed by atoms with Crippen molar-refractivity contribution in [1.82, 2.24) is 4.90 Å². The number of hydrogen-bond acceptors (Lipinski definition) is 4. The Hall–Kier alpha value is -2.17. The second-order valence-electron chi connectivity index (χ2n) is 5.64. The number of rotatable bonds is 6. The van der Waals surface area contributed by atoms with Crippen molar-refractivity contribution < 1.29 is 19.1 Å². The lowest BCUT2D eigenvalue weighted by atomic mass is 9.92. The quantitative estimate of drug-likeness (QED) is 0.810. The molecule has 0 N–H and O–H groups in total. The van der Waals surface area contributed by atoms with Gasteiger partial charge in [0.2, 0.25) is 5.91 Å². The van der Waals surface area contributed by atoms with E-state index in [1.807, 2.05) is 37.3 Å². The smallest absolute Gasteiger partial charge is 0.416 e. The van der Waals surface area contributed by atoms with Crippen molar-refractivity contribution in [2.45, 2.75) is 39.2 Å². The van der Waals surface area contributed by atoms with Gasteiger partial charge < -0.3 is 9.53 Å². The highest BCUT2D eigenvalue weighted by Crippen LogP contribution is 2.22. The highest BCUT2D eigenvalue weighted by Gasteiger charge is 2.40. The van der Waals surface area contributed by atoms with Crippen LogP contribution in [0.1, 0.15) is 32.3 Å². The summed E-state index contributed by atoms with van der Waals surface area (Å²) < 4.78 is 4.98. The van der Waals surface area contributed by atoms with Crippen molar-refractivity contribution >= 4 is 17.8 Å². The van der Waals surface area contributed by atoms with E-state index in [2.05, 4.69) is 0 Å². The number of hydrogen-bond donors (Lipinski definition) is 0. The van der Waals surface area contributed by atoms with Crippen molar-refractivity contribution in [2.24, 2.45) is 5.92 Å². The standard InChI is InChI=1S/C17H21NO4/c1-3-15-11-22-17(21)18(15)16(20)14(9-12(2)19)10-13-7-5-4-6-8-13/h4-8,14-15H,3,9-11H2,1-2H3. The second-order valence-corrected chi connectivity index (χ2v) is 5.64. The van der Waals surface area contributed by atoms with Crippen LogP contribution in [0.2, 0.25) is 0 Å². The Morgan fingerprint density at radius 2 is 2.00 bits per heavy atom. The molecule has 1 aromatic rings. The molecule has 2 amide bonds. The Bertz CT molecular complexity index is 555. The Morgan fingerprint density at radius 3 is 2.59 bits per heavy atom. The zero-order valence-corrected chi connectivity index (χ0v) is 13.0. The zero-order chi connectivity index (χ0) is 16.1. The minimum atomic E-state index is -0.599. The first-order chi connectivity index (χ1) is 10.5. The molecule has 1 aliphatic rings. The van der Waals surface area contributed by atoms with Crippen LogP contribution in [0.25, 0.3) is 0 Å². The molecule has 2 rings (SSSR count). The first-order valence-corrected chi connectivity index (χ1v) is 7.56. The van der Waals surface area contributed by atoms with Crippen LogP contribution in [0.15, 0.2) is 30.3 Å². The van der Waals surface area contributed by atoms with Gasteiger partial charge >= 0.3 is 6.09 Å². The molecule has 1 fully saturated rings. The second kappa shape index (κ2) is 7.20. The van der Waals surface area contributed by atoms with Crippen LogP contribution in [0.3, 0.4) is 0 Å². The molecule has 0 radical (unpaired) electrons. The molecule has 0 bridgehead atoms. The molecule has 1 aliphatic heterocycles. The lowest BCUT2D eigenvalue weighted by molar-refractivity contribution is -0.136. The lowest BCUT2D eigenvalue weighted by Crippen LogP contribution is -2.43. The van der Waals surface area contributed by atoms with E-state index in [9.17, 15) is 14.4 Å². The maximum absolute atomic E-state index is 12.7. The number of Topliss-reactive ketones (excluding diaryl/α,β-unsaturated/α-hetero) is 1. The molecule has 1 saturated heterocycles. The van der Waals surface area contributed by atoms with Gasteiger partial charge in [-0.05, 0) is 25.3 Å². The molecule has 5 heteroatoms. The first-order valence-electron chi connectivity index (χ1n) is 7.56. The van der Waals surface area contributed by atoms with E-state index in [1.54, 1.807) is 0 Å². The minimum absolute atomic E-state index is 0.0603. The fraction of sp³-hybridized carbons (Fsp3) is 0.471. The molecule has 2 unspecified atom stereocenters. The van der Waals surface area contributed by atoms with Crippen LogP contribution in [0.5, 0.6) is 0 Å². The monoisotopic (exact) mass is 303 g/mol. The summed E-state index contributed by atoms with van der Waals surface area (Å²) in [5, 5.41) is 0. The summed E-state index contributed by atoms with van der Waals surface area (Å²) in [6.45, 7) is 3.61. The van der Waals surface area contributed by atoms with E-state index in [1.165, 1.54) is 11.8 Å². The van der Waals surface area contributed by atoms with Crippen LogP contribution in [-0.4, -0.2) is 35.3 Å². The van der Waals surface area contributed by atoms with Crippen LogP contribution in [0, 0.1) is 5.92 Å². The van der Waals surface area contributed by atoms with Crippen LogP contribution < -0.4 is 0 Å². The van der Waals surface area contributed by atoms with Gasteiger partial charge in [0.05, 0.1) is 6.04 Å².